The zero-order valence-corrected chi connectivity index (χ0v) is 22.1. The van der Waals surface area contributed by atoms with Crippen LogP contribution < -0.4 is 11.1 Å². The van der Waals surface area contributed by atoms with Gasteiger partial charge in [0, 0.05) is 29.2 Å². The van der Waals surface area contributed by atoms with Gasteiger partial charge in [-0.05, 0) is 18.2 Å². The number of nitrogens with two attached hydrogens (primary N) is 1. The zero-order chi connectivity index (χ0) is 24.6. The smallest absolute Gasteiger partial charge is 0.251 e. The van der Waals surface area contributed by atoms with E-state index < -0.39 is 0 Å². The van der Waals surface area contributed by atoms with E-state index in [1.807, 2.05) is 0 Å². The minimum Gasteiger partial charge on any atom is -0.379 e. The largest absolute Gasteiger partial charge is 0.379 e. The van der Waals surface area contributed by atoms with Crippen molar-refractivity contribution in [1.29, 1.82) is 0 Å². The lowest BCUT2D eigenvalue weighted by Crippen LogP contribution is -2.27. The molecule has 0 saturated heterocycles. The molecule has 0 aliphatic heterocycles. The van der Waals surface area contributed by atoms with Crippen molar-refractivity contribution in [3.63, 3.8) is 0 Å². The third kappa shape index (κ3) is 10.7. The lowest BCUT2D eigenvalue weighted by Gasteiger charge is -2.09. The van der Waals surface area contributed by atoms with E-state index >= 15 is 0 Å². The quantitative estimate of drug-likeness (QED) is 0.195. The maximum atomic E-state index is 12.4. The van der Waals surface area contributed by atoms with Crippen LogP contribution in [-0.4, -0.2) is 81.2 Å². The number of fused-ring (bicyclic) bond motifs is 1. The fraction of sp³-hybridized carbons (Fsp3) is 0.545. The first-order chi connectivity index (χ1) is 16.5. The first kappa shape index (κ1) is 28.5. The first-order valence-electron chi connectivity index (χ1n) is 10.8. The number of hydrogen-bond donors (Lipinski definition) is 2. The summed E-state index contributed by atoms with van der Waals surface area (Å²) >= 11 is 6.85. The Morgan fingerprint density at radius 3 is 1.88 bits per heavy atom. The average Bonchev–Trinajstić information content (AvgIpc) is 2.84. The standard InChI is InChI=1S/C22H30Br2N4O6/c23-14-19-20(15-24)28-18-13-16(1-2-17(18)27-19)22(30)26-4-6-32-8-10-34-12-11-33-9-7-31-5-3-21(25)29/h1-2,13H,3-12,14-15H2,(H2,25,29)(H,26,30). The van der Waals surface area contributed by atoms with E-state index in [-0.39, 0.29) is 18.2 Å². The number of alkyl halides is 2. The number of benzene rings is 1. The third-order valence-electron chi connectivity index (χ3n) is 4.48. The Balaban J connectivity index is 1.52. The highest BCUT2D eigenvalue weighted by atomic mass is 79.9. The molecule has 12 heteroatoms. The fourth-order valence-electron chi connectivity index (χ4n) is 2.76. The highest BCUT2D eigenvalue weighted by Gasteiger charge is 2.10. The van der Waals surface area contributed by atoms with E-state index in [1.54, 1.807) is 18.2 Å². The van der Waals surface area contributed by atoms with Crippen LogP contribution in [0.15, 0.2) is 18.2 Å². The van der Waals surface area contributed by atoms with Crippen LogP contribution in [0.2, 0.25) is 0 Å². The molecule has 188 valence electrons. The normalized spacial score (nSPS) is 11.1. The van der Waals surface area contributed by atoms with Gasteiger partial charge in [0.1, 0.15) is 0 Å². The van der Waals surface area contributed by atoms with Gasteiger partial charge in [-0.3, -0.25) is 9.59 Å². The van der Waals surface area contributed by atoms with Crippen LogP contribution in [0.3, 0.4) is 0 Å². The topological polar surface area (TPSA) is 135 Å². The van der Waals surface area contributed by atoms with E-state index in [0.717, 1.165) is 16.9 Å². The van der Waals surface area contributed by atoms with E-state index in [4.69, 9.17) is 24.7 Å². The minimum atomic E-state index is -0.382. The van der Waals surface area contributed by atoms with Gasteiger partial charge in [-0.2, -0.15) is 0 Å². The van der Waals surface area contributed by atoms with Gasteiger partial charge in [0.15, 0.2) is 0 Å². The summed E-state index contributed by atoms with van der Waals surface area (Å²) in [6.45, 7) is 3.65. The number of nitrogens with zero attached hydrogens (tertiary/aromatic N) is 2. The first-order valence-corrected chi connectivity index (χ1v) is 13.1. The average molecular weight is 606 g/mol. The molecular weight excluding hydrogens is 576 g/mol. The molecule has 2 amide bonds. The van der Waals surface area contributed by atoms with Crippen molar-refractivity contribution >= 4 is 54.7 Å². The number of nitrogens with one attached hydrogen (secondary N) is 1. The van der Waals surface area contributed by atoms with Gasteiger partial charge in [-0.1, -0.05) is 31.9 Å². The van der Waals surface area contributed by atoms with Crippen molar-refractivity contribution in [3.8, 4) is 0 Å². The zero-order valence-electron chi connectivity index (χ0n) is 18.9. The predicted molar refractivity (Wildman–Crippen MR) is 134 cm³/mol. The second kappa shape index (κ2) is 16.8. The van der Waals surface area contributed by atoms with Crippen LogP contribution in [0.25, 0.3) is 11.0 Å². The number of hydrogen-bond acceptors (Lipinski definition) is 8. The number of amides is 2. The Kier molecular flexibility index (Phi) is 14.1. The Bertz CT molecular complexity index is 918. The summed E-state index contributed by atoms with van der Waals surface area (Å²) in [6, 6.07) is 5.28. The monoisotopic (exact) mass is 604 g/mol. The van der Waals surface area contributed by atoms with Gasteiger partial charge in [0.2, 0.25) is 5.91 Å². The molecule has 1 aromatic carbocycles. The van der Waals surface area contributed by atoms with Crippen LogP contribution in [0.5, 0.6) is 0 Å². The molecule has 1 heterocycles. The van der Waals surface area contributed by atoms with Crippen LogP contribution in [-0.2, 0) is 34.4 Å². The number of carbonyl (C=O) groups excluding carboxylic acids is 2. The number of rotatable bonds is 18. The highest BCUT2D eigenvalue weighted by molar-refractivity contribution is 9.09. The lowest BCUT2D eigenvalue weighted by atomic mass is 10.1. The predicted octanol–water partition coefficient (Wildman–Crippen LogP) is 2.09. The molecule has 3 N–H and O–H groups in total. The summed E-state index contributed by atoms with van der Waals surface area (Å²) in [4.78, 5) is 32.1. The third-order valence-corrected chi connectivity index (χ3v) is 5.54. The summed E-state index contributed by atoms with van der Waals surface area (Å²) in [5.41, 5.74) is 8.68. The molecule has 0 aliphatic carbocycles. The van der Waals surface area contributed by atoms with Gasteiger partial charge in [0.05, 0.1) is 75.3 Å². The van der Waals surface area contributed by atoms with E-state index in [9.17, 15) is 9.59 Å². The van der Waals surface area contributed by atoms with Gasteiger partial charge in [-0.25, -0.2) is 9.97 Å². The molecule has 0 bridgehead atoms. The molecule has 10 nitrogen and oxygen atoms in total. The van der Waals surface area contributed by atoms with Crippen LogP contribution in [0.1, 0.15) is 28.2 Å². The fourth-order valence-corrected chi connectivity index (χ4v) is 3.65. The summed E-state index contributed by atoms with van der Waals surface area (Å²) in [6.07, 6.45) is 0.211. The molecule has 1 aromatic heterocycles. The van der Waals surface area contributed by atoms with E-state index in [2.05, 4.69) is 47.1 Å². The molecule has 34 heavy (non-hydrogen) atoms. The van der Waals surface area contributed by atoms with Gasteiger partial charge >= 0.3 is 0 Å². The number of carbonyl (C=O) groups is 2. The summed E-state index contributed by atoms with van der Waals surface area (Å²) in [7, 11) is 0. The Hall–Kier alpha value is -1.70. The Morgan fingerprint density at radius 2 is 1.32 bits per heavy atom. The number of aromatic nitrogens is 2. The molecule has 0 fully saturated rings. The number of halogens is 2. The van der Waals surface area contributed by atoms with Gasteiger partial charge < -0.3 is 30.0 Å². The maximum Gasteiger partial charge on any atom is 0.251 e. The van der Waals surface area contributed by atoms with E-state index in [0.29, 0.717) is 81.1 Å². The van der Waals surface area contributed by atoms with E-state index in [1.165, 1.54) is 0 Å². The molecule has 0 radical (unpaired) electrons. The molecule has 2 rings (SSSR count). The number of primary amides is 1. The second-order valence-electron chi connectivity index (χ2n) is 7.01. The number of ether oxygens (including phenoxy) is 4. The summed E-state index contributed by atoms with van der Waals surface area (Å²) in [5.74, 6) is -0.573. The highest BCUT2D eigenvalue weighted by Crippen LogP contribution is 2.18. The van der Waals surface area contributed by atoms with Gasteiger partial charge in [0.25, 0.3) is 5.91 Å². The molecule has 2 aromatic rings. The van der Waals surface area contributed by atoms with Crippen molar-refractivity contribution < 1.29 is 28.5 Å². The molecule has 0 unspecified atom stereocenters. The van der Waals surface area contributed by atoms with Crippen LogP contribution in [0, 0.1) is 0 Å². The second-order valence-corrected chi connectivity index (χ2v) is 8.13. The maximum absolute atomic E-state index is 12.4. The molecule has 0 spiro atoms. The summed E-state index contributed by atoms with van der Waals surface area (Å²) < 4.78 is 21.4. The molecule has 0 aliphatic rings. The van der Waals surface area contributed by atoms with Gasteiger partial charge in [-0.15, -0.1) is 0 Å². The molecule has 0 saturated carbocycles. The van der Waals surface area contributed by atoms with Crippen molar-refractivity contribution in [2.24, 2.45) is 5.73 Å². The van der Waals surface area contributed by atoms with Crippen LogP contribution in [0.4, 0.5) is 0 Å². The lowest BCUT2D eigenvalue weighted by molar-refractivity contribution is -0.119. The van der Waals surface area contributed by atoms with Crippen molar-refractivity contribution in [1.82, 2.24) is 15.3 Å². The van der Waals surface area contributed by atoms with Crippen molar-refractivity contribution in [2.75, 3.05) is 59.4 Å². The minimum absolute atomic E-state index is 0.190. The van der Waals surface area contributed by atoms with Crippen LogP contribution >= 0.6 is 31.9 Å². The Morgan fingerprint density at radius 1 is 0.794 bits per heavy atom. The SMILES string of the molecule is NC(=O)CCOCCOCCOCCOCCNC(=O)c1ccc2nc(CBr)c(CBr)nc2c1. The van der Waals surface area contributed by atoms with Crippen molar-refractivity contribution in [2.45, 2.75) is 17.1 Å². The van der Waals surface area contributed by atoms with Crippen molar-refractivity contribution in [3.05, 3.63) is 35.2 Å². The molecular formula is C22H30Br2N4O6. The molecule has 0 atom stereocenters. The summed E-state index contributed by atoms with van der Waals surface area (Å²) in [5, 5.41) is 4.05. The Labute approximate surface area is 215 Å².